The first-order chi connectivity index (χ1) is 11.0. The summed E-state index contributed by atoms with van der Waals surface area (Å²) < 4.78 is 0. The third-order valence-corrected chi connectivity index (χ3v) is 4.57. The second-order valence-electron chi connectivity index (χ2n) is 5.25. The van der Waals surface area contributed by atoms with Gasteiger partial charge in [-0.25, -0.2) is 0 Å². The molecule has 0 aliphatic carbocycles. The van der Waals surface area contributed by atoms with Gasteiger partial charge in [0, 0.05) is 4.90 Å². The van der Waals surface area contributed by atoms with E-state index in [4.69, 9.17) is 0 Å². The Morgan fingerprint density at radius 2 is 1.87 bits per heavy atom. The zero-order valence-corrected chi connectivity index (χ0v) is 13.3. The summed E-state index contributed by atoms with van der Waals surface area (Å²) in [5, 5.41) is 11.0. The highest BCUT2D eigenvalue weighted by molar-refractivity contribution is 8.04. The molecule has 1 heterocycles. The van der Waals surface area contributed by atoms with E-state index in [2.05, 4.69) is 0 Å². The number of fused-ring (bicyclic) bond motifs is 1. The van der Waals surface area contributed by atoms with Crippen molar-refractivity contribution < 1.29 is 14.7 Å². The molecule has 5 heteroatoms. The molecule has 0 N–H and O–H groups in total. The molecule has 0 saturated heterocycles. The van der Waals surface area contributed by atoms with Gasteiger partial charge in [-0.3, -0.25) is 4.79 Å². The van der Waals surface area contributed by atoms with Crippen molar-refractivity contribution >= 4 is 35.4 Å². The molecule has 3 rings (SSSR count). The van der Waals surface area contributed by atoms with Crippen LogP contribution in [-0.2, 0) is 9.59 Å². The van der Waals surface area contributed by atoms with Crippen molar-refractivity contribution in [2.24, 2.45) is 0 Å². The minimum absolute atomic E-state index is 0.321. The monoisotopic (exact) mass is 324 g/mol. The Morgan fingerprint density at radius 1 is 1.17 bits per heavy atom. The van der Waals surface area contributed by atoms with E-state index in [-0.39, 0.29) is 5.91 Å². The highest BCUT2D eigenvalue weighted by Crippen LogP contribution is 2.41. The average Bonchev–Trinajstić information content (AvgIpc) is 2.53. The number of aryl methyl sites for hydroxylation is 1. The molecule has 0 spiro atoms. The molecule has 1 aliphatic heterocycles. The summed E-state index contributed by atoms with van der Waals surface area (Å²) in [6.45, 7) is 1.54. The van der Waals surface area contributed by atoms with Gasteiger partial charge in [0.05, 0.1) is 23.1 Å². The van der Waals surface area contributed by atoms with Gasteiger partial charge in [-0.05, 0) is 30.7 Å². The first kappa shape index (κ1) is 15.4. The maximum Gasteiger partial charge on any atom is 0.265 e. The van der Waals surface area contributed by atoms with Crippen LogP contribution in [0.4, 0.5) is 5.69 Å². The zero-order valence-electron chi connectivity index (χ0n) is 12.5. The molecule has 0 fully saturated rings. The zero-order chi connectivity index (χ0) is 16.4. The van der Waals surface area contributed by atoms with Crippen LogP contribution in [0.2, 0.25) is 0 Å². The fraction of sp³-hybridized carbons (Fsp3) is 0.111. The molecule has 2 aromatic rings. The topological polar surface area (TPSA) is 60.4 Å². The van der Waals surface area contributed by atoms with Gasteiger partial charge >= 0.3 is 0 Å². The van der Waals surface area contributed by atoms with Gasteiger partial charge < -0.3 is 14.8 Å². The van der Waals surface area contributed by atoms with Crippen LogP contribution in [0.1, 0.15) is 11.1 Å². The van der Waals surface area contributed by atoms with Crippen LogP contribution in [0.15, 0.2) is 58.3 Å². The molecule has 1 aliphatic rings. The minimum Gasteiger partial charge on any atom is -0.548 e. The van der Waals surface area contributed by atoms with Crippen molar-refractivity contribution in [2.45, 2.75) is 11.8 Å². The van der Waals surface area contributed by atoms with Gasteiger partial charge in [-0.2, -0.15) is 0 Å². The molecule has 0 atom stereocenters. The van der Waals surface area contributed by atoms with E-state index in [0.29, 0.717) is 10.6 Å². The first-order valence-electron chi connectivity index (χ1n) is 7.11. The Balaban J connectivity index is 2.01. The number of carbonyl (C=O) groups is 2. The third kappa shape index (κ3) is 3.29. The number of anilines is 1. The summed E-state index contributed by atoms with van der Waals surface area (Å²) in [6.07, 6.45) is 1.78. The number of hydrogen-bond donors (Lipinski definition) is 0. The fourth-order valence-electron chi connectivity index (χ4n) is 2.36. The van der Waals surface area contributed by atoms with E-state index in [1.54, 1.807) is 18.2 Å². The van der Waals surface area contributed by atoms with Crippen molar-refractivity contribution in [3.8, 4) is 0 Å². The number of carboxylic acid groups (broad SMARTS) is 1. The second kappa shape index (κ2) is 6.30. The molecule has 2 aromatic carbocycles. The third-order valence-electron chi connectivity index (χ3n) is 3.49. The molecule has 4 nitrogen and oxygen atoms in total. The van der Waals surface area contributed by atoms with Crippen molar-refractivity contribution in [3.63, 3.8) is 0 Å². The van der Waals surface area contributed by atoms with Gasteiger partial charge in [0.25, 0.3) is 5.91 Å². The Morgan fingerprint density at radius 3 is 2.57 bits per heavy atom. The number of para-hydroxylation sites is 1. The molecule has 0 aromatic heterocycles. The largest absolute Gasteiger partial charge is 0.548 e. The smallest absolute Gasteiger partial charge is 0.265 e. The fourth-order valence-corrected chi connectivity index (χ4v) is 3.42. The van der Waals surface area contributed by atoms with Gasteiger partial charge in [-0.15, -0.1) is 0 Å². The normalized spacial score (nSPS) is 15.6. The number of hydrogen-bond acceptors (Lipinski definition) is 4. The molecule has 0 saturated carbocycles. The lowest BCUT2D eigenvalue weighted by molar-refractivity contribution is -0.303. The van der Waals surface area contributed by atoms with Gasteiger partial charge in [0.1, 0.15) is 0 Å². The summed E-state index contributed by atoms with van der Waals surface area (Å²) >= 11 is 1.35. The number of nitrogens with zero attached hydrogens (tertiary/aromatic N) is 1. The van der Waals surface area contributed by atoms with E-state index in [0.717, 1.165) is 16.0 Å². The van der Waals surface area contributed by atoms with Crippen LogP contribution in [0.3, 0.4) is 0 Å². The number of thioether (sulfide) groups is 1. The predicted molar refractivity (Wildman–Crippen MR) is 88.8 cm³/mol. The van der Waals surface area contributed by atoms with E-state index in [1.165, 1.54) is 16.7 Å². The van der Waals surface area contributed by atoms with E-state index < -0.39 is 12.5 Å². The summed E-state index contributed by atoms with van der Waals surface area (Å²) in [5.74, 6) is -1.60. The summed E-state index contributed by atoms with van der Waals surface area (Å²) in [7, 11) is 0. The molecule has 0 bridgehead atoms. The molecule has 116 valence electrons. The second-order valence-corrected chi connectivity index (χ2v) is 6.34. The van der Waals surface area contributed by atoms with Gasteiger partial charge in [0.15, 0.2) is 0 Å². The summed E-state index contributed by atoms with van der Waals surface area (Å²) in [4.78, 5) is 26.2. The van der Waals surface area contributed by atoms with Crippen molar-refractivity contribution in [2.75, 3.05) is 11.4 Å². The lowest BCUT2D eigenvalue weighted by atomic mass is 10.1. The Bertz CT molecular complexity index is 796. The number of amides is 1. The number of carboxylic acids is 1. The molecule has 0 radical (unpaired) electrons. The summed E-state index contributed by atoms with van der Waals surface area (Å²) in [5.41, 5.74) is 2.64. The molecular formula is C18H14NO3S-. The van der Waals surface area contributed by atoms with Crippen LogP contribution in [-0.4, -0.2) is 18.4 Å². The Labute approximate surface area is 138 Å². The van der Waals surface area contributed by atoms with Crippen LogP contribution in [0, 0.1) is 6.92 Å². The lowest BCUT2D eigenvalue weighted by Gasteiger charge is -2.30. The minimum atomic E-state index is -1.28. The molecule has 0 unspecified atom stereocenters. The van der Waals surface area contributed by atoms with Crippen molar-refractivity contribution in [3.05, 3.63) is 64.6 Å². The van der Waals surface area contributed by atoms with Crippen LogP contribution in [0.25, 0.3) is 6.08 Å². The summed E-state index contributed by atoms with van der Waals surface area (Å²) in [6, 6.07) is 15.1. The quantitative estimate of drug-likeness (QED) is 0.812. The maximum absolute atomic E-state index is 12.6. The van der Waals surface area contributed by atoms with E-state index in [1.807, 2.05) is 43.3 Å². The lowest BCUT2D eigenvalue weighted by Crippen LogP contribution is -2.43. The van der Waals surface area contributed by atoms with Crippen LogP contribution in [0.5, 0.6) is 0 Å². The number of benzene rings is 2. The number of aliphatic carboxylic acids is 1. The predicted octanol–water partition coefficient (Wildman–Crippen LogP) is 2.22. The average molecular weight is 324 g/mol. The van der Waals surface area contributed by atoms with Crippen molar-refractivity contribution in [1.29, 1.82) is 0 Å². The van der Waals surface area contributed by atoms with Crippen molar-refractivity contribution in [1.82, 2.24) is 0 Å². The van der Waals surface area contributed by atoms with Crippen LogP contribution < -0.4 is 10.0 Å². The van der Waals surface area contributed by atoms with Crippen LogP contribution >= 0.6 is 11.8 Å². The van der Waals surface area contributed by atoms with E-state index >= 15 is 0 Å². The number of carbonyl (C=O) groups excluding carboxylic acids is 2. The highest BCUT2D eigenvalue weighted by atomic mass is 32.2. The van der Waals surface area contributed by atoms with Gasteiger partial charge in [0.2, 0.25) is 0 Å². The van der Waals surface area contributed by atoms with E-state index in [9.17, 15) is 14.7 Å². The molecular weight excluding hydrogens is 310 g/mol. The Kier molecular flexibility index (Phi) is 4.21. The maximum atomic E-state index is 12.6. The SMILES string of the molecule is Cc1ccc(C=C2Sc3ccccc3N(CC(=O)[O-])C2=O)cc1. The van der Waals surface area contributed by atoms with Gasteiger partial charge in [-0.1, -0.05) is 53.7 Å². The molecule has 23 heavy (non-hydrogen) atoms. The number of rotatable bonds is 3. The highest BCUT2D eigenvalue weighted by Gasteiger charge is 2.28. The first-order valence-corrected chi connectivity index (χ1v) is 7.93. The molecule has 1 amide bonds. The standard InChI is InChI=1S/C18H15NO3S/c1-12-6-8-13(9-7-12)10-16-18(22)19(11-17(20)21)14-4-2-3-5-15(14)23-16/h2-10H,11H2,1H3,(H,20,21)/p-1. The Hall–Kier alpha value is -2.53.